The number of rotatable bonds is 11. The Hall–Kier alpha value is -3.67. The minimum absolute atomic E-state index is 0. The van der Waals surface area contributed by atoms with Gasteiger partial charge in [-0.2, -0.15) is 0 Å². The van der Waals surface area contributed by atoms with Crippen molar-refractivity contribution < 1.29 is 38.2 Å². The second-order valence-electron chi connectivity index (χ2n) is 10.4. The van der Waals surface area contributed by atoms with E-state index in [-0.39, 0.29) is 23.9 Å². The van der Waals surface area contributed by atoms with Crippen molar-refractivity contribution in [3.63, 3.8) is 0 Å². The smallest absolute Gasteiger partial charge is 0.357 e. The number of aryl methyl sites for hydroxylation is 1. The number of carbonyl (C=O) groups is 5. The fourth-order valence-electron chi connectivity index (χ4n) is 4.01. The normalized spacial score (nSPS) is 18.3. The number of nitrogens with zero attached hydrogens (tertiary/aromatic N) is 5. The molecule has 2 amide bonds. The van der Waals surface area contributed by atoms with E-state index in [9.17, 15) is 24.0 Å². The average molecular weight is 670 g/mol. The number of ether oxygens (including phenoxy) is 3. The van der Waals surface area contributed by atoms with Crippen LogP contribution in [0.5, 0.6) is 0 Å². The summed E-state index contributed by atoms with van der Waals surface area (Å²) in [5.41, 5.74) is 5.53. The summed E-state index contributed by atoms with van der Waals surface area (Å²) in [6.45, 7) is 3.90. The van der Waals surface area contributed by atoms with Gasteiger partial charge in [0.05, 0.1) is 12.0 Å². The van der Waals surface area contributed by atoms with Crippen molar-refractivity contribution in [3.8, 4) is 0 Å². The Kier molecular flexibility index (Phi) is 11.8. The molecule has 4 rings (SSSR count). The molecule has 18 heteroatoms. The molecule has 1 fully saturated rings. The molecule has 1 aromatic carbocycles. The molecule has 2 aromatic rings. The van der Waals surface area contributed by atoms with E-state index in [4.69, 9.17) is 19.9 Å². The fourth-order valence-corrected chi connectivity index (χ4v) is 6.34. The maximum Gasteiger partial charge on any atom is 0.357 e. The lowest BCUT2D eigenvalue weighted by molar-refractivity contribution is -0.173. The van der Waals surface area contributed by atoms with Gasteiger partial charge in [-0.05, 0) is 36.8 Å². The molecule has 238 valence electrons. The highest BCUT2D eigenvalue weighted by Gasteiger charge is 2.55. The molecular weight excluding hydrogens is 638 g/mol. The molecular formula is C26H32ClN7O8S2. The highest BCUT2D eigenvalue weighted by molar-refractivity contribution is 8.01. The number of benzene rings is 1. The first kappa shape index (κ1) is 34.8. The van der Waals surface area contributed by atoms with Gasteiger partial charge in [0.1, 0.15) is 17.1 Å². The van der Waals surface area contributed by atoms with Crippen LogP contribution in [0.1, 0.15) is 32.4 Å². The SMILES string of the molecule is Cl.Cn1nnnc1SCC1=C(C(=O)OCOC(=O)C(C)(C)C)N2C(=O)[C@@H](NC(=O)[C@H](OC(=O)CN)c3ccccc3)[C@H]2SC1. The van der Waals surface area contributed by atoms with Crippen molar-refractivity contribution in [2.75, 3.05) is 24.8 Å². The summed E-state index contributed by atoms with van der Waals surface area (Å²) >= 11 is 2.59. The molecule has 0 bridgehead atoms. The zero-order valence-electron chi connectivity index (χ0n) is 24.3. The number of carbonyl (C=O) groups excluding carboxylic acids is 5. The van der Waals surface area contributed by atoms with E-state index >= 15 is 0 Å². The van der Waals surface area contributed by atoms with Crippen LogP contribution in [0, 0.1) is 5.41 Å². The second-order valence-corrected chi connectivity index (χ2v) is 12.5. The van der Waals surface area contributed by atoms with Crippen LogP contribution >= 0.6 is 35.9 Å². The zero-order chi connectivity index (χ0) is 31.3. The predicted molar refractivity (Wildman–Crippen MR) is 160 cm³/mol. The Balaban J connectivity index is 0.00000529. The number of nitrogens with one attached hydrogen (secondary N) is 1. The summed E-state index contributed by atoms with van der Waals surface area (Å²) in [5, 5.41) is 13.8. The van der Waals surface area contributed by atoms with Crippen LogP contribution in [0.4, 0.5) is 0 Å². The number of amides is 2. The van der Waals surface area contributed by atoms with E-state index in [2.05, 4.69) is 20.8 Å². The highest BCUT2D eigenvalue weighted by atomic mass is 35.5. The maximum atomic E-state index is 13.4. The third kappa shape index (κ3) is 7.88. The number of hydrogen-bond donors (Lipinski definition) is 2. The molecule has 0 radical (unpaired) electrons. The van der Waals surface area contributed by atoms with Crippen LogP contribution in [0.2, 0.25) is 0 Å². The first-order chi connectivity index (χ1) is 20.4. The number of β-lactam (4-membered cyclic amide) rings is 1. The lowest BCUT2D eigenvalue weighted by atomic mass is 9.98. The molecule has 44 heavy (non-hydrogen) atoms. The maximum absolute atomic E-state index is 13.4. The lowest BCUT2D eigenvalue weighted by Gasteiger charge is -2.49. The minimum atomic E-state index is -1.34. The van der Waals surface area contributed by atoms with Crippen molar-refractivity contribution in [2.45, 2.75) is 43.4 Å². The Morgan fingerprint density at radius 1 is 1.18 bits per heavy atom. The number of fused-ring (bicyclic) bond motifs is 1. The summed E-state index contributed by atoms with van der Waals surface area (Å²) in [6, 6.07) is 7.30. The topological polar surface area (TPSA) is 198 Å². The monoisotopic (exact) mass is 669 g/mol. The number of hydrogen-bond acceptors (Lipinski definition) is 14. The predicted octanol–water partition coefficient (Wildman–Crippen LogP) is 0.711. The summed E-state index contributed by atoms with van der Waals surface area (Å²) in [5.74, 6) is -2.94. The summed E-state index contributed by atoms with van der Waals surface area (Å²) in [6.07, 6.45) is -1.34. The first-order valence-corrected chi connectivity index (χ1v) is 15.1. The Labute approximate surface area is 267 Å². The van der Waals surface area contributed by atoms with E-state index in [1.165, 1.54) is 33.1 Å². The second kappa shape index (κ2) is 14.9. The molecule has 3 heterocycles. The number of halogens is 1. The van der Waals surface area contributed by atoms with Gasteiger partial charge in [-0.25, -0.2) is 9.48 Å². The van der Waals surface area contributed by atoms with Crippen LogP contribution in [-0.4, -0.2) is 91.1 Å². The van der Waals surface area contributed by atoms with Gasteiger partial charge in [0, 0.05) is 24.1 Å². The van der Waals surface area contributed by atoms with Crippen LogP contribution in [0.15, 0.2) is 46.8 Å². The number of aromatic nitrogens is 4. The van der Waals surface area contributed by atoms with Gasteiger partial charge in [-0.3, -0.25) is 24.1 Å². The highest BCUT2D eigenvalue weighted by Crippen LogP contribution is 2.42. The van der Waals surface area contributed by atoms with Gasteiger partial charge in [-0.15, -0.1) is 29.3 Å². The third-order valence-electron chi connectivity index (χ3n) is 6.24. The number of nitrogens with two attached hydrogens (primary N) is 1. The van der Waals surface area contributed by atoms with Crippen molar-refractivity contribution in [1.29, 1.82) is 0 Å². The molecule has 0 spiro atoms. The van der Waals surface area contributed by atoms with E-state index in [1.807, 2.05) is 0 Å². The van der Waals surface area contributed by atoms with Crippen LogP contribution in [-0.2, 0) is 45.2 Å². The molecule has 3 N–H and O–H groups in total. The number of esters is 3. The molecule has 2 aliphatic rings. The molecule has 0 aliphatic carbocycles. The Morgan fingerprint density at radius 2 is 1.89 bits per heavy atom. The first-order valence-electron chi connectivity index (χ1n) is 13.0. The quantitative estimate of drug-likeness (QED) is 0.147. The van der Waals surface area contributed by atoms with Crippen molar-refractivity contribution in [3.05, 3.63) is 47.2 Å². The van der Waals surface area contributed by atoms with Gasteiger partial charge in [-0.1, -0.05) is 42.1 Å². The summed E-state index contributed by atoms with van der Waals surface area (Å²) in [7, 11) is 1.67. The molecule has 1 aromatic heterocycles. The van der Waals surface area contributed by atoms with E-state index < -0.39 is 66.0 Å². The Morgan fingerprint density at radius 3 is 2.50 bits per heavy atom. The number of thioether (sulfide) groups is 2. The standard InChI is InChI=1S/C26H31N7O8S2.ClH/c1-26(2,3)24(38)40-13-39-23(37)18-15(12-43-25-29-30-31-32(25)4)11-42-22-17(21(36)33(18)22)28-20(35)19(41-16(34)10-27)14-8-6-5-7-9-14;/h5-9,17,19,22H,10-13,27H2,1-4H3,(H,28,35);1H/t17-,19-,22-;/m1./s1. The van der Waals surface area contributed by atoms with Crippen molar-refractivity contribution >= 4 is 65.7 Å². The Bertz CT molecular complexity index is 1430. The minimum Gasteiger partial charge on any atom is -0.446 e. The lowest BCUT2D eigenvalue weighted by Crippen LogP contribution is -2.71. The fraction of sp³-hybridized carbons (Fsp3) is 0.462. The summed E-state index contributed by atoms with van der Waals surface area (Å²) < 4.78 is 17.1. The van der Waals surface area contributed by atoms with E-state index in [0.29, 0.717) is 22.0 Å². The van der Waals surface area contributed by atoms with Crippen molar-refractivity contribution in [2.24, 2.45) is 18.2 Å². The van der Waals surface area contributed by atoms with E-state index in [1.54, 1.807) is 58.2 Å². The largest absolute Gasteiger partial charge is 0.446 e. The molecule has 15 nitrogen and oxygen atoms in total. The third-order valence-corrected chi connectivity index (χ3v) is 8.68. The molecule has 0 unspecified atom stereocenters. The summed E-state index contributed by atoms with van der Waals surface area (Å²) in [4.78, 5) is 65.3. The van der Waals surface area contributed by atoms with Gasteiger partial charge in [0.25, 0.3) is 11.8 Å². The van der Waals surface area contributed by atoms with E-state index in [0.717, 1.165) is 0 Å². The van der Waals surface area contributed by atoms with Gasteiger partial charge < -0.3 is 25.3 Å². The number of tetrazole rings is 1. The molecule has 3 atom stereocenters. The van der Waals surface area contributed by atoms with Gasteiger partial charge in [0.2, 0.25) is 18.1 Å². The average Bonchev–Trinajstić information content (AvgIpc) is 3.40. The molecule has 1 saturated heterocycles. The van der Waals surface area contributed by atoms with Gasteiger partial charge >= 0.3 is 17.9 Å². The van der Waals surface area contributed by atoms with Crippen LogP contribution in [0.25, 0.3) is 0 Å². The van der Waals surface area contributed by atoms with Crippen LogP contribution < -0.4 is 11.1 Å². The molecule has 0 saturated carbocycles. The van der Waals surface area contributed by atoms with Gasteiger partial charge in [0.15, 0.2) is 0 Å². The zero-order valence-corrected chi connectivity index (χ0v) is 26.7. The van der Waals surface area contributed by atoms with Crippen molar-refractivity contribution in [1.82, 2.24) is 30.4 Å². The molecule has 2 aliphatic heterocycles. The van der Waals surface area contributed by atoms with Crippen LogP contribution in [0.3, 0.4) is 0 Å².